The Bertz CT molecular complexity index is 1070. The fraction of sp³-hybridized carbons (Fsp3) is 0.333. The monoisotopic (exact) mass is 412 g/mol. The average molecular weight is 413 g/mol. The number of aromatic nitrogens is 4. The number of H-pyrrole nitrogens is 1. The zero-order valence-electron chi connectivity index (χ0n) is 17.4. The first kappa shape index (κ1) is 20.9. The minimum absolute atomic E-state index is 0.0481. The molecule has 3 rings (SSSR count). The highest BCUT2D eigenvalue weighted by molar-refractivity contribution is 8.00. The van der Waals surface area contributed by atoms with Crippen LogP contribution < -0.4 is 4.74 Å². The fourth-order valence-electron chi connectivity index (χ4n) is 3.35. The van der Waals surface area contributed by atoms with Gasteiger partial charge in [0.05, 0.1) is 18.1 Å². The fourth-order valence-corrected chi connectivity index (χ4v) is 4.22. The summed E-state index contributed by atoms with van der Waals surface area (Å²) < 4.78 is 7.05. The summed E-state index contributed by atoms with van der Waals surface area (Å²) in [4.78, 5) is 27.9. The Kier molecular flexibility index (Phi) is 5.93. The molecule has 0 aliphatic carbocycles. The van der Waals surface area contributed by atoms with Gasteiger partial charge in [0, 0.05) is 23.9 Å². The predicted molar refractivity (Wildman–Crippen MR) is 113 cm³/mol. The average Bonchev–Trinajstić information content (AvgIpc) is 3.20. The van der Waals surface area contributed by atoms with Crippen LogP contribution in [0, 0.1) is 13.8 Å². The summed E-state index contributed by atoms with van der Waals surface area (Å²) in [5.74, 6) is 1.36. The molecule has 2 aromatic heterocycles. The first-order valence-corrected chi connectivity index (χ1v) is 10.1. The van der Waals surface area contributed by atoms with Crippen molar-refractivity contribution >= 4 is 23.3 Å². The normalized spacial score (nSPS) is 12.1. The maximum absolute atomic E-state index is 13.0. The molecule has 2 heterocycles. The molecule has 8 heteroatoms. The van der Waals surface area contributed by atoms with E-state index in [0.29, 0.717) is 27.8 Å². The molecule has 29 heavy (non-hydrogen) atoms. The maximum Gasteiger partial charge on any atom is 0.192 e. The minimum Gasteiger partial charge on any atom is -0.497 e. The number of aromatic amines is 1. The van der Waals surface area contributed by atoms with E-state index < -0.39 is 5.25 Å². The molecular formula is C21H24N4O3S. The molecule has 0 unspecified atom stereocenters. The lowest BCUT2D eigenvalue weighted by atomic mass is 10.0. The Morgan fingerprint density at radius 3 is 2.38 bits per heavy atom. The van der Waals surface area contributed by atoms with Crippen LogP contribution >= 0.6 is 11.8 Å². The molecule has 1 atom stereocenters. The second-order valence-electron chi connectivity index (χ2n) is 6.90. The van der Waals surface area contributed by atoms with E-state index in [0.717, 1.165) is 17.0 Å². The third kappa shape index (κ3) is 3.98. The van der Waals surface area contributed by atoms with Crippen LogP contribution in [0.5, 0.6) is 5.75 Å². The second-order valence-corrected chi connectivity index (χ2v) is 8.21. The highest BCUT2D eigenvalue weighted by atomic mass is 32.2. The van der Waals surface area contributed by atoms with Crippen molar-refractivity contribution in [1.29, 1.82) is 0 Å². The van der Waals surface area contributed by atoms with Gasteiger partial charge in [-0.1, -0.05) is 11.8 Å². The number of carbonyl (C=O) groups excluding carboxylic acids is 2. The topological polar surface area (TPSA) is 89.9 Å². The number of hydrogen-bond donors (Lipinski definition) is 1. The van der Waals surface area contributed by atoms with Gasteiger partial charge < -0.3 is 14.3 Å². The van der Waals surface area contributed by atoms with Gasteiger partial charge in [-0.05, 0) is 57.5 Å². The predicted octanol–water partition coefficient (Wildman–Crippen LogP) is 4.00. The van der Waals surface area contributed by atoms with E-state index in [1.165, 1.54) is 18.7 Å². The largest absolute Gasteiger partial charge is 0.497 e. The number of aryl methyl sites for hydroxylation is 1. The van der Waals surface area contributed by atoms with Crippen molar-refractivity contribution in [2.45, 2.75) is 38.1 Å². The molecule has 0 aliphatic rings. The van der Waals surface area contributed by atoms with Crippen molar-refractivity contribution in [1.82, 2.24) is 19.7 Å². The van der Waals surface area contributed by atoms with Crippen LogP contribution in [0.25, 0.3) is 11.4 Å². The van der Waals surface area contributed by atoms with Crippen molar-refractivity contribution in [3.63, 3.8) is 0 Å². The summed E-state index contributed by atoms with van der Waals surface area (Å²) >= 11 is 1.34. The van der Waals surface area contributed by atoms with Crippen LogP contribution in [0.15, 0.2) is 29.4 Å². The first-order valence-electron chi connectivity index (χ1n) is 9.19. The van der Waals surface area contributed by atoms with E-state index in [9.17, 15) is 9.59 Å². The van der Waals surface area contributed by atoms with E-state index in [2.05, 4.69) is 15.2 Å². The molecule has 1 N–H and O–H groups in total. The van der Waals surface area contributed by atoms with Crippen molar-refractivity contribution in [2.24, 2.45) is 7.05 Å². The van der Waals surface area contributed by atoms with Gasteiger partial charge in [0.2, 0.25) is 0 Å². The lowest BCUT2D eigenvalue weighted by Gasteiger charge is -2.10. The highest BCUT2D eigenvalue weighted by Gasteiger charge is 2.26. The lowest BCUT2D eigenvalue weighted by molar-refractivity contribution is 0.0988. The van der Waals surface area contributed by atoms with Crippen LogP contribution in [0.2, 0.25) is 0 Å². The molecule has 0 amide bonds. The molecule has 0 spiro atoms. The van der Waals surface area contributed by atoms with Crippen LogP contribution in [-0.2, 0) is 7.05 Å². The number of benzene rings is 1. The standard InChI is InChI=1S/C21H24N4O3S/c1-11-17(13(3)26)12(2)22-18(11)19(27)14(4)29-21-24-23-20(25(21)5)15-7-9-16(28-6)10-8-15/h7-10,14,22H,1-6H3/t14-/m1/s1. The summed E-state index contributed by atoms with van der Waals surface area (Å²) in [6.07, 6.45) is 0. The third-order valence-electron chi connectivity index (χ3n) is 4.87. The van der Waals surface area contributed by atoms with Gasteiger partial charge in [-0.15, -0.1) is 10.2 Å². The van der Waals surface area contributed by atoms with Gasteiger partial charge in [0.1, 0.15) is 5.75 Å². The minimum atomic E-state index is -0.391. The van der Waals surface area contributed by atoms with Crippen LogP contribution in [0.3, 0.4) is 0 Å². The Morgan fingerprint density at radius 1 is 1.17 bits per heavy atom. The second kappa shape index (κ2) is 8.24. The van der Waals surface area contributed by atoms with E-state index in [1.807, 2.05) is 49.7 Å². The molecule has 0 fully saturated rings. The molecular weight excluding hydrogens is 388 g/mol. The van der Waals surface area contributed by atoms with Crippen LogP contribution in [0.1, 0.15) is 46.0 Å². The van der Waals surface area contributed by atoms with Gasteiger partial charge in [0.25, 0.3) is 0 Å². The number of carbonyl (C=O) groups is 2. The van der Waals surface area contributed by atoms with E-state index in [-0.39, 0.29) is 11.6 Å². The number of hydrogen-bond acceptors (Lipinski definition) is 6. The zero-order valence-corrected chi connectivity index (χ0v) is 18.2. The van der Waals surface area contributed by atoms with Gasteiger partial charge in [0.15, 0.2) is 22.5 Å². The number of thioether (sulfide) groups is 1. The Hall–Kier alpha value is -2.87. The van der Waals surface area contributed by atoms with E-state index in [1.54, 1.807) is 14.0 Å². The number of ether oxygens (including phenoxy) is 1. The zero-order chi connectivity index (χ0) is 21.3. The Labute approximate surface area is 173 Å². The van der Waals surface area contributed by atoms with E-state index >= 15 is 0 Å². The Balaban J connectivity index is 1.81. The molecule has 7 nitrogen and oxygen atoms in total. The summed E-state index contributed by atoms with van der Waals surface area (Å²) in [5, 5.41) is 8.78. The number of rotatable bonds is 7. The summed E-state index contributed by atoms with van der Waals surface area (Å²) in [5.41, 5.74) is 3.39. The van der Waals surface area contributed by atoms with Gasteiger partial charge in [-0.2, -0.15) is 0 Å². The molecule has 1 aromatic carbocycles. The number of Topliss-reactive ketones (excluding diaryl/α,β-unsaturated/α-hetero) is 2. The number of nitrogens with zero attached hydrogens (tertiary/aromatic N) is 3. The molecule has 0 saturated heterocycles. The van der Waals surface area contributed by atoms with Crippen molar-refractivity contribution in [2.75, 3.05) is 7.11 Å². The maximum atomic E-state index is 13.0. The van der Waals surface area contributed by atoms with Gasteiger partial charge in [-0.25, -0.2) is 0 Å². The van der Waals surface area contributed by atoms with Crippen LogP contribution in [-0.4, -0.2) is 43.7 Å². The molecule has 0 bridgehead atoms. The smallest absolute Gasteiger partial charge is 0.192 e. The SMILES string of the molecule is COc1ccc(-c2nnc(S[C@H](C)C(=O)c3[nH]c(C)c(C(C)=O)c3C)n2C)cc1. The molecule has 0 radical (unpaired) electrons. The van der Waals surface area contributed by atoms with Crippen molar-refractivity contribution < 1.29 is 14.3 Å². The summed E-state index contributed by atoms with van der Waals surface area (Å²) in [7, 11) is 3.49. The quantitative estimate of drug-likeness (QED) is 0.466. The van der Waals surface area contributed by atoms with Gasteiger partial charge >= 0.3 is 0 Å². The summed E-state index contributed by atoms with van der Waals surface area (Å²) in [6, 6.07) is 7.57. The summed E-state index contributed by atoms with van der Waals surface area (Å²) in [6.45, 7) is 6.95. The highest BCUT2D eigenvalue weighted by Crippen LogP contribution is 2.29. The number of methoxy groups -OCH3 is 1. The third-order valence-corrected chi connectivity index (χ3v) is 6.00. The number of ketones is 2. The van der Waals surface area contributed by atoms with E-state index in [4.69, 9.17) is 4.74 Å². The lowest BCUT2D eigenvalue weighted by Crippen LogP contribution is -2.16. The molecule has 0 saturated carbocycles. The van der Waals surface area contributed by atoms with Gasteiger partial charge in [-0.3, -0.25) is 9.59 Å². The van der Waals surface area contributed by atoms with Crippen molar-refractivity contribution in [3.8, 4) is 17.1 Å². The van der Waals surface area contributed by atoms with Crippen LogP contribution in [0.4, 0.5) is 0 Å². The molecule has 3 aromatic rings. The molecule has 152 valence electrons. The molecule has 0 aliphatic heterocycles. The first-order chi connectivity index (χ1) is 13.7. The Morgan fingerprint density at radius 2 is 1.83 bits per heavy atom. The number of nitrogens with one attached hydrogen (secondary N) is 1. The van der Waals surface area contributed by atoms with Crippen molar-refractivity contribution in [3.05, 3.63) is 46.8 Å².